The van der Waals surface area contributed by atoms with Gasteiger partial charge in [-0.2, -0.15) is 5.10 Å². The number of fused-ring (bicyclic) bond motifs is 1. The van der Waals surface area contributed by atoms with Crippen LogP contribution in [0.5, 0.6) is 5.75 Å². The van der Waals surface area contributed by atoms with Gasteiger partial charge in [-0.05, 0) is 56.4 Å². The zero-order chi connectivity index (χ0) is 18.8. The summed E-state index contributed by atoms with van der Waals surface area (Å²) in [6.07, 6.45) is 2.37. The van der Waals surface area contributed by atoms with E-state index >= 15 is 0 Å². The van der Waals surface area contributed by atoms with Crippen molar-refractivity contribution in [1.29, 1.82) is 0 Å². The van der Waals surface area contributed by atoms with Crippen molar-refractivity contribution in [2.75, 3.05) is 18.6 Å². The van der Waals surface area contributed by atoms with E-state index in [1.165, 1.54) is 5.56 Å². The topological polar surface area (TPSA) is 47.4 Å². The summed E-state index contributed by atoms with van der Waals surface area (Å²) >= 11 is 0. The fourth-order valence-corrected chi connectivity index (χ4v) is 3.72. The molecular weight excluding hydrogens is 326 g/mol. The lowest BCUT2D eigenvalue weighted by atomic mass is 10.00. The summed E-state index contributed by atoms with van der Waals surface area (Å²) in [6.45, 7) is 10.1. The van der Waals surface area contributed by atoms with Crippen molar-refractivity contribution in [2.24, 2.45) is 5.92 Å². The molecule has 0 aliphatic carbocycles. The Kier molecular flexibility index (Phi) is 5.35. The van der Waals surface area contributed by atoms with Crippen LogP contribution < -0.4 is 9.64 Å². The third-order valence-electron chi connectivity index (χ3n) is 5.10. The minimum absolute atomic E-state index is 0.145. The summed E-state index contributed by atoms with van der Waals surface area (Å²) in [5, 5.41) is 4.64. The van der Waals surface area contributed by atoms with Crippen molar-refractivity contribution in [2.45, 2.75) is 53.5 Å². The van der Waals surface area contributed by atoms with Crippen molar-refractivity contribution < 1.29 is 9.53 Å². The fourth-order valence-electron chi connectivity index (χ4n) is 3.72. The van der Waals surface area contributed by atoms with Crippen molar-refractivity contribution in [3.63, 3.8) is 0 Å². The molecule has 0 bridgehead atoms. The second kappa shape index (κ2) is 7.52. The Bertz CT molecular complexity index is 808. The van der Waals surface area contributed by atoms with E-state index in [1.54, 1.807) is 7.11 Å². The molecular formula is C21H29N3O2. The molecule has 140 valence electrons. The molecule has 0 atom stereocenters. The summed E-state index contributed by atoms with van der Waals surface area (Å²) in [6, 6.07) is 5.99. The van der Waals surface area contributed by atoms with Crippen LogP contribution in [0.4, 0.5) is 5.69 Å². The number of nitrogens with zero attached hydrogens (tertiary/aromatic N) is 3. The van der Waals surface area contributed by atoms with Crippen LogP contribution in [0.15, 0.2) is 18.2 Å². The largest absolute Gasteiger partial charge is 0.497 e. The molecule has 1 aliphatic rings. The third-order valence-corrected chi connectivity index (χ3v) is 5.10. The maximum Gasteiger partial charge on any atom is 0.231 e. The minimum atomic E-state index is 0.145. The number of amides is 1. The van der Waals surface area contributed by atoms with Crippen molar-refractivity contribution in [3.8, 4) is 5.75 Å². The number of aromatic nitrogens is 2. The molecule has 5 nitrogen and oxygen atoms in total. The van der Waals surface area contributed by atoms with E-state index in [2.05, 4.69) is 25.9 Å². The maximum absolute atomic E-state index is 13.1. The van der Waals surface area contributed by atoms with Gasteiger partial charge in [0, 0.05) is 30.0 Å². The van der Waals surface area contributed by atoms with Gasteiger partial charge in [-0.25, -0.2) is 0 Å². The maximum atomic E-state index is 13.1. The van der Waals surface area contributed by atoms with Crippen LogP contribution in [0.2, 0.25) is 0 Å². The molecule has 5 heteroatoms. The van der Waals surface area contributed by atoms with E-state index < -0.39 is 0 Å². The number of carbonyl (C=O) groups is 1. The van der Waals surface area contributed by atoms with Gasteiger partial charge in [-0.3, -0.25) is 9.48 Å². The summed E-state index contributed by atoms with van der Waals surface area (Å²) in [5.41, 5.74) is 5.34. The van der Waals surface area contributed by atoms with E-state index in [0.29, 0.717) is 12.3 Å². The van der Waals surface area contributed by atoms with Gasteiger partial charge >= 0.3 is 0 Å². The van der Waals surface area contributed by atoms with Crippen LogP contribution in [0, 0.1) is 19.8 Å². The molecule has 1 aromatic heterocycles. The smallest absolute Gasteiger partial charge is 0.231 e. The highest BCUT2D eigenvalue weighted by Gasteiger charge is 2.25. The minimum Gasteiger partial charge on any atom is -0.497 e. The fraction of sp³-hybridized carbons (Fsp3) is 0.524. The Labute approximate surface area is 156 Å². The van der Waals surface area contributed by atoms with Crippen LogP contribution in [0.25, 0.3) is 0 Å². The second-order valence-electron chi connectivity index (χ2n) is 7.55. The molecule has 0 fully saturated rings. The highest BCUT2D eigenvalue weighted by molar-refractivity contribution is 5.96. The predicted molar refractivity (Wildman–Crippen MR) is 104 cm³/mol. The molecule has 3 rings (SSSR count). The molecule has 0 unspecified atom stereocenters. The van der Waals surface area contributed by atoms with E-state index in [-0.39, 0.29) is 5.91 Å². The van der Waals surface area contributed by atoms with Gasteiger partial charge in [0.25, 0.3) is 0 Å². The molecule has 1 amide bonds. The van der Waals surface area contributed by atoms with Gasteiger partial charge in [0.1, 0.15) is 5.75 Å². The van der Waals surface area contributed by atoms with Gasteiger partial charge in [-0.15, -0.1) is 0 Å². The van der Waals surface area contributed by atoms with Gasteiger partial charge in [0.05, 0.1) is 19.2 Å². The Morgan fingerprint density at radius 1 is 1.31 bits per heavy atom. The van der Waals surface area contributed by atoms with Crippen LogP contribution in [-0.2, 0) is 24.2 Å². The average molecular weight is 355 g/mol. The summed E-state index contributed by atoms with van der Waals surface area (Å²) < 4.78 is 7.36. The molecule has 0 radical (unpaired) electrons. The zero-order valence-electron chi connectivity index (χ0n) is 16.5. The molecule has 0 saturated heterocycles. The Morgan fingerprint density at radius 2 is 2.08 bits per heavy atom. The summed E-state index contributed by atoms with van der Waals surface area (Å²) in [7, 11) is 1.67. The molecule has 2 aromatic rings. The summed E-state index contributed by atoms with van der Waals surface area (Å²) in [4.78, 5) is 15.0. The Hall–Kier alpha value is -2.30. The van der Waals surface area contributed by atoms with E-state index in [4.69, 9.17) is 4.74 Å². The Balaban J connectivity index is 1.83. The number of carbonyl (C=O) groups excluding carboxylic acids is 1. The molecule has 1 aromatic carbocycles. The van der Waals surface area contributed by atoms with Gasteiger partial charge < -0.3 is 9.64 Å². The van der Waals surface area contributed by atoms with Crippen molar-refractivity contribution in [3.05, 3.63) is 40.7 Å². The number of hydrogen-bond donors (Lipinski definition) is 0. The molecule has 0 N–H and O–H groups in total. The lowest BCUT2D eigenvalue weighted by Crippen LogP contribution is -2.36. The van der Waals surface area contributed by atoms with Crippen LogP contribution in [0.1, 0.15) is 42.8 Å². The molecule has 1 aliphatic heterocycles. The third kappa shape index (κ3) is 3.62. The first-order valence-electron chi connectivity index (χ1n) is 9.41. The number of rotatable bonds is 5. The van der Waals surface area contributed by atoms with E-state index in [9.17, 15) is 4.79 Å². The average Bonchev–Trinajstić information content (AvgIpc) is 2.87. The van der Waals surface area contributed by atoms with E-state index in [1.807, 2.05) is 34.7 Å². The predicted octanol–water partition coefficient (Wildman–Crippen LogP) is 3.69. The van der Waals surface area contributed by atoms with Crippen molar-refractivity contribution >= 4 is 11.6 Å². The van der Waals surface area contributed by atoms with Crippen LogP contribution >= 0.6 is 0 Å². The standard InChI is InChI=1S/C21H29N3O2/c1-14(2)13-24-16(4)19(15(3)22-24)12-21(25)23-10-6-7-17-11-18(26-5)8-9-20(17)23/h8-9,11,14H,6-7,10,12-13H2,1-5H3. The Morgan fingerprint density at radius 3 is 2.77 bits per heavy atom. The SMILES string of the molecule is COc1ccc2c(c1)CCCN2C(=O)Cc1c(C)nn(CC(C)C)c1C. The summed E-state index contributed by atoms with van der Waals surface area (Å²) in [5.74, 6) is 1.52. The highest BCUT2D eigenvalue weighted by atomic mass is 16.5. The quantitative estimate of drug-likeness (QED) is 0.822. The molecule has 2 heterocycles. The van der Waals surface area contributed by atoms with Gasteiger partial charge in [0.15, 0.2) is 0 Å². The second-order valence-corrected chi connectivity index (χ2v) is 7.55. The van der Waals surface area contributed by atoms with Crippen LogP contribution in [-0.4, -0.2) is 29.3 Å². The number of anilines is 1. The van der Waals surface area contributed by atoms with Gasteiger partial charge in [0.2, 0.25) is 5.91 Å². The molecule has 26 heavy (non-hydrogen) atoms. The number of methoxy groups -OCH3 is 1. The highest BCUT2D eigenvalue weighted by Crippen LogP contribution is 2.31. The number of benzene rings is 1. The first-order valence-corrected chi connectivity index (χ1v) is 9.41. The first-order chi connectivity index (χ1) is 12.4. The van der Waals surface area contributed by atoms with Crippen molar-refractivity contribution in [1.82, 2.24) is 9.78 Å². The number of hydrogen-bond acceptors (Lipinski definition) is 3. The van der Waals surface area contributed by atoms with Gasteiger partial charge in [-0.1, -0.05) is 13.8 Å². The van der Waals surface area contributed by atoms with Crippen LogP contribution in [0.3, 0.4) is 0 Å². The van der Waals surface area contributed by atoms with E-state index in [0.717, 1.165) is 54.3 Å². The normalized spacial score (nSPS) is 13.8. The number of ether oxygens (including phenoxy) is 1. The monoisotopic (exact) mass is 355 g/mol. The molecule has 0 saturated carbocycles. The molecule has 0 spiro atoms. The zero-order valence-corrected chi connectivity index (χ0v) is 16.5. The lowest BCUT2D eigenvalue weighted by Gasteiger charge is -2.30. The number of aryl methyl sites for hydroxylation is 2. The first kappa shape index (κ1) is 18.5. The lowest BCUT2D eigenvalue weighted by molar-refractivity contribution is -0.118.